The van der Waals surface area contributed by atoms with E-state index in [9.17, 15) is 14.4 Å². The molecule has 26 heavy (non-hydrogen) atoms. The number of halogens is 1. The van der Waals surface area contributed by atoms with Crippen molar-refractivity contribution in [1.82, 2.24) is 0 Å². The van der Waals surface area contributed by atoms with Gasteiger partial charge < -0.3 is 0 Å². The molecule has 1 aliphatic heterocycles. The van der Waals surface area contributed by atoms with Gasteiger partial charge in [-0.3, -0.25) is 14.4 Å². The van der Waals surface area contributed by atoms with E-state index < -0.39 is 5.41 Å². The van der Waals surface area contributed by atoms with Crippen LogP contribution in [-0.2, 0) is 14.4 Å². The summed E-state index contributed by atoms with van der Waals surface area (Å²) in [6.45, 7) is 5.43. The molecule has 0 aliphatic carbocycles. The Kier molecular flexibility index (Phi) is 6.70. The SMILES string of the molecule is CCC(=O)CCC1(CCC(=O)CC)C(=O)N(c2ccc(Cl)cc2)N=C1C. The molecule has 5 nitrogen and oxygen atoms in total. The summed E-state index contributed by atoms with van der Waals surface area (Å²) in [5, 5.41) is 6.42. The van der Waals surface area contributed by atoms with Gasteiger partial charge in [-0.2, -0.15) is 10.1 Å². The summed E-state index contributed by atoms with van der Waals surface area (Å²) in [7, 11) is 0. The van der Waals surface area contributed by atoms with Gasteiger partial charge in [-0.05, 0) is 44.0 Å². The van der Waals surface area contributed by atoms with Crippen LogP contribution in [0.1, 0.15) is 59.3 Å². The normalized spacial score (nSPS) is 15.9. The monoisotopic (exact) mass is 376 g/mol. The number of anilines is 1. The molecule has 0 unspecified atom stereocenters. The van der Waals surface area contributed by atoms with Gasteiger partial charge in [-0.1, -0.05) is 25.4 Å². The number of nitrogens with zero attached hydrogens (tertiary/aromatic N) is 2. The van der Waals surface area contributed by atoms with Crippen LogP contribution in [0.15, 0.2) is 29.4 Å². The maximum absolute atomic E-state index is 13.3. The number of hydrogen-bond donors (Lipinski definition) is 0. The molecular weight excluding hydrogens is 352 g/mol. The van der Waals surface area contributed by atoms with Crippen LogP contribution in [0.5, 0.6) is 0 Å². The summed E-state index contributed by atoms with van der Waals surface area (Å²) in [5.74, 6) is 0.0404. The second-order valence-corrected chi connectivity index (χ2v) is 7.08. The highest BCUT2D eigenvalue weighted by Crippen LogP contribution is 2.41. The number of ketones is 2. The zero-order valence-electron chi connectivity index (χ0n) is 15.5. The summed E-state index contributed by atoms with van der Waals surface area (Å²) >= 11 is 5.93. The van der Waals surface area contributed by atoms with Crippen molar-refractivity contribution >= 4 is 40.5 Å². The Bertz CT molecular complexity index is 705. The molecule has 0 bridgehead atoms. The summed E-state index contributed by atoms with van der Waals surface area (Å²) in [5.41, 5.74) is 0.393. The van der Waals surface area contributed by atoms with Crippen LogP contribution in [0.2, 0.25) is 5.02 Å². The minimum Gasteiger partial charge on any atom is -0.300 e. The quantitative estimate of drug-likeness (QED) is 0.634. The van der Waals surface area contributed by atoms with E-state index in [1.807, 2.05) is 13.8 Å². The lowest BCUT2D eigenvalue weighted by molar-refractivity contribution is -0.125. The molecule has 1 aromatic rings. The van der Waals surface area contributed by atoms with Crippen molar-refractivity contribution in [2.24, 2.45) is 10.5 Å². The maximum Gasteiger partial charge on any atom is 0.259 e. The minimum absolute atomic E-state index is 0.108. The number of carbonyl (C=O) groups excluding carboxylic acids is 3. The van der Waals surface area contributed by atoms with Crippen molar-refractivity contribution in [1.29, 1.82) is 0 Å². The Hall–Kier alpha value is -2.01. The lowest BCUT2D eigenvalue weighted by Gasteiger charge is -2.28. The van der Waals surface area contributed by atoms with Crippen molar-refractivity contribution < 1.29 is 14.4 Å². The average Bonchev–Trinajstić information content (AvgIpc) is 2.89. The minimum atomic E-state index is -0.894. The van der Waals surface area contributed by atoms with E-state index >= 15 is 0 Å². The van der Waals surface area contributed by atoms with E-state index in [1.54, 1.807) is 31.2 Å². The lowest BCUT2D eigenvalue weighted by Crippen LogP contribution is -2.40. The Labute approximate surface area is 159 Å². The molecule has 0 saturated heterocycles. The molecule has 1 aromatic carbocycles. The van der Waals surface area contributed by atoms with Crippen molar-refractivity contribution in [2.45, 2.75) is 59.3 Å². The number of amides is 1. The molecular formula is C20H25ClN2O3. The van der Waals surface area contributed by atoms with Gasteiger partial charge >= 0.3 is 0 Å². The molecule has 0 aromatic heterocycles. The van der Waals surface area contributed by atoms with Gasteiger partial charge in [0.25, 0.3) is 5.91 Å². The first-order valence-electron chi connectivity index (χ1n) is 9.03. The molecule has 0 saturated carbocycles. The number of hydrazone groups is 1. The molecule has 0 N–H and O–H groups in total. The fraction of sp³-hybridized carbons (Fsp3) is 0.500. The van der Waals surface area contributed by atoms with E-state index in [0.29, 0.717) is 54.9 Å². The highest BCUT2D eigenvalue weighted by Gasteiger charge is 2.49. The van der Waals surface area contributed by atoms with Gasteiger partial charge in [0.05, 0.1) is 16.8 Å². The van der Waals surface area contributed by atoms with Crippen molar-refractivity contribution in [2.75, 3.05) is 5.01 Å². The van der Waals surface area contributed by atoms with Crippen LogP contribution in [0, 0.1) is 5.41 Å². The van der Waals surface area contributed by atoms with Crippen LogP contribution in [0.25, 0.3) is 0 Å². The molecule has 1 heterocycles. The van der Waals surface area contributed by atoms with Crippen molar-refractivity contribution in [3.8, 4) is 0 Å². The maximum atomic E-state index is 13.3. The average molecular weight is 377 g/mol. The first kappa shape index (κ1) is 20.3. The molecule has 0 radical (unpaired) electrons. The lowest BCUT2D eigenvalue weighted by atomic mass is 9.74. The first-order valence-corrected chi connectivity index (χ1v) is 9.41. The highest BCUT2D eigenvalue weighted by atomic mass is 35.5. The number of benzene rings is 1. The molecule has 0 spiro atoms. The second kappa shape index (κ2) is 8.58. The highest BCUT2D eigenvalue weighted by molar-refractivity contribution is 6.30. The second-order valence-electron chi connectivity index (χ2n) is 6.65. The molecule has 6 heteroatoms. The zero-order valence-corrected chi connectivity index (χ0v) is 16.3. The van der Waals surface area contributed by atoms with E-state index in [-0.39, 0.29) is 17.5 Å². The van der Waals surface area contributed by atoms with E-state index in [2.05, 4.69) is 5.10 Å². The predicted octanol–water partition coefficient (Wildman–Crippen LogP) is 4.57. The molecule has 1 amide bonds. The fourth-order valence-corrected chi connectivity index (χ4v) is 3.29. The number of Topliss-reactive ketones (excluding diaryl/α,β-unsaturated/α-hetero) is 2. The third-order valence-electron chi connectivity index (χ3n) is 5.07. The zero-order chi connectivity index (χ0) is 19.3. The molecule has 140 valence electrons. The topological polar surface area (TPSA) is 66.8 Å². The number of carbonyl (C=O) groups is 3. The van der Waals surface area contributed by atoms with Crippen LogP contribution < -0.4 is 5.01 Å². The van der Waals surface area contributed by atoms with Crippen LogP contribution in [0.3, 0.4) is 0 Å². The van der Waals surface area contributed by atoms with Crippen LogP contribution in [-0.4, -0.2) is 23.2 Å². The van der Waals surface area contributed by atoms with Gasteiger partial charge in [0.1, 0.15) is 11.6 Å². The van der Waals surface area contributed by atoms with E-state index in [1.165, 1.54) is 5.01 Å². The Morgan fingerprint density at radius 1 is 1.04 bits per heavy atom. The Balaban J connectivity index is 2.31. The van der Waals surface area contributed by atoms with Gasteiger partial charge in [0.2, 0.25) is 0 Å². The summed E-state index contributed by atoms with van der Waals surface area (Å²) < 4.78 is 0. The molecule has 0 fully saturated rings. The van der Waals surface area contributed by atoms with Crippen molar-refractivity contribution in [3.63, 3.8) is 0 Å². The molecule has 2 rings (SSSR count). The van der Waals surface area contributed by atoms with Gasteiger partial charge in [-0.25, -0.2) is 0 Å². The summed E-state index contributed by atoms with van der Waals surface area (Å²) in [6, 6.07) is 6.88. The summed E-state index contributed by atoms with van der Waals surface area (Å²) in [6.07, 6.45) is 2.27. The third-order valence-corrected chi connectivity index (χ3v) is 5.32. The van der Waals surface area contributed by atoms with Gasteiger partial charge in [0.15, 0.2) is 0 Å². The summed E-state index contributed by atoms with van der Waals surface area (Å²) in [4.78, 5) is 37.0. The van der Waals surface area contributed by atoms with Crippen LogP contribution >= 0.6 is 11.6 Å². The van der Waals surface area contributed by atoms with Crippen LogP contribution in [0.4, 0.5) is 5.69 Å². The number of rotatable bonds is 9. The van der Waals surface area contributed by atoms with Gasteiger partial charge in [0, 0.05) is 30.7 Å². The smallest absolute Gasteiger partial charge is 0.259 e. The van der Waals surface area contributed by atoms with Gasteiger partial charge in [-0.15, -0.1) is 0 Å². The van der Waals surface area contributed by atoms with Crippen molar-refractivity contribution in [3.05, 3.63) is 29.3 Å². The third kappa shape index (κ3) is 4.21. The first-order chi connectivity index (χ1) is 12.3. The Morgan fingerprint density at radius 3 is 2.00 bits per heavy atom. The molecule has 1 aliphatic rings. The molecule has 0 atom stereocenters. The fourth-order valence-electron chi connectivity index (χ4n) is 3.17. The Morgan fingerprint density at radius 2 is 1.54 bits per heavy atom. The number of hydrogen-bond acceptors (Lipinski definition) is 4. The largest absolute Gasteiger partial charge is 0.300 e. The van der Waals surface area contributed by atoms with E-state index in [0.717, 1.165) is 0 Å². The predicted molar refractivity (Wildman–Crippen MR) is 104 cm³/mol. The standard InChI is InChI=1S/C20H25ClN2O3/c1-4-17(24)10-12-20(13-11-18(25)5-2)14(3)22-23(19(20)26)16-8-6-15(21)7-9-16/h6-9H,4-5,10-13H2,1-3H3. The van der Waals surface area contributed by atoms with E-state index in [4.69, 9.17) is 11.6 Å².